The van der Waals surface area contributed by atoms with Gasteiger partial charge in [0.15, 0.2) is 0 Å². The monoisotopic (exact) mass is 165 g/mol. The topological polar surface area (TPSA) is 43.8 Å². The summed E-state index contributed by atoms with van der Waals surface area (Å²) in [6, 6.07) is 0.421. The quantitative estimate of drug-likeness (QED) is 0.727. The second-order valence-corrected chi connectivity index (χ2v) is 3.79. The Morgan fingerprint density at radius 1 is 1.58 bits per heavy atom. The Hall–Kier alpha value is -0.990. The number of nitrogens with zero attached hydrogens (tertiary/aromatic N) is 2. The Morgan fingerprint density at radius 2 is 2.25 bits per heavy atom. The molecule has 0 aromatic carbocycles. The molecule has 66 valence electrons. The van der Waals surface area contributed by atoms with E-state index in [1.165, 1.54) is 12.8 Å². The van der Waals surface area contributed by atoms with Crippen LogP contribution in [0.3, 0.4) is 0 Å². The number of nitrogen functional groups attached to an aromatic ring is 1. The van der Waals surface area contributed by atoms with Gasteiger partial charge in [0.1, 0.15) is 5.82 Å². The van der Waals surface area contributed by atoms with Crippen molar-refractivity contribution in [2.24, 2.45) is 0 Å². The number of aromatic nitrogens is 2. The Kier molecular flexibility index (Phi) is 1.60. The molecule has 1 aliphatic rings. The van der Waals surface area contributed by atoms with Crippen molar-refractivity contribution >= 4 is 5.82 Å². The highest BCUT2D eigenvalue weighted by atomic mass is 15.1. The fourth-order valence-electron chi connectivity index (χ4n) is 1.47. The molecule has 2 rings (SSSR count). The van der Waals surface area contributed by atoms with E-state index in [1.807, 2.05) is 10.9 Å². The van der Waals surface area contributed by atoms with E-state index in [4.69, 9.17) is 5.73 Å². The Balaban J connectivity index is 2.33. The van der Waals surface area contributed by atoms with Gasteiger partial charge < -0.3 is 10.3 Å². The molecule has 3 nitrogen and oxygen atoms in total. The Morgan fingerprint density at radius 3 is 2.67 bits per heavy atom. The largest absolute Gasteiger partial charge is 0.384 e. The van der Waals surface area contributed by atoms with E-state index in [2.05, 4.69) is 18.8 Å². The maximum Gasteiger partial charge on any atom is 0.127 e. The van der Waals surface area contributed by atoms with Gasteiger partial charge in [0.05, 0.1) is 12.0 Å². The molecule has 0 saturated heterocycles. The van der Waals surface area contributed by atoms with Crippen LogP contribution in [-0.4, -0.2) is 9.55 Å². The van der Waals surface area contributed by atoms with Crippen molar-refractivity contribution < 1.29 is 0 Å². The molecule has 1 saturated carbocycles. The average molecular weight is 165 g/mol. The normalized spacial score (nSPS) is 17.2. The van der Waals surface area contributed by atoms with Gasteiger partial charge in [-0.3, -0.25) is 0 Å². The van der Waals surface area contributed by atoms with Crippen LogP contribution in [-0.2, 0) is 0 Å². The SMILES string of the molecule is CC(C)n1cnc(C2CC2)c1N. The number of imidazole rings is 1. The summed E-state index contributed by atoms with van der Waals surface area (Å²) in [6.07, 6.45) is 4.38. The second-order valence-electron chi connectivity index (χ2n) is 3.79. The molecule has 0 radical (unpaired) electrons. The van der Waals surface area contributed by atoms with E-state index < -0.39 is 0 Å². The van der Waals surface area contributed by atoms with Crippen molar-refractivity contribution in [1.82, 2.24) is 9.55 Å². The van der Waals surface area contributed by atoms with Crippen molar-refractivity contribution in [3.63, 3.8) is 0 Å². The molecular formula is C9H15N3. The molecule has 2 N–H and O–H groups in total. The number of anilines is 1. The smallest absolute Gasteiger partial charge is 0.127 e. The van der Waals surface area contributed by atoms with E-state index in [0.29, 0.717) is 12.0 Å². The van der Waals surface area contributed by atoms with Gasteiger partial charge in [0.25, 0.3) is 0 Å². The highest BCUT2D eigenvalue weighted by Crippen LogP contribution is 2.42. The molecule has 0 bridgehead atoms. The maximum absolute atomic E-state index is 5.95. The fraction of sp³-hybridized carbons (Fsp3) is 0.667. The van der Waals surface area contributed by atoms with Crippen LogP contribution in [0.25, 0.3) is 0 Å². The standard InChI is InChI=1S/C9H15N3/c1-6(2)12-5-11-8(9(12)10)7-3-4-7/h5-7H,3-4,10H2,1-2H3. The number of rotatable bonds is 2. The van der Waals surface area contributed by atoms with Crippen LogP contribution in [0.15, 0.2) is 6.33 Å². The Bertz CT molecular complexity index is 264. The summed E-state index contributed by atoms with van der Waals surface area (Å²) in [5.41, 5.74) is 7.06. The lowest BCUT2D eigenvalue weighted by atomic mass is 10.3. The minimum Gasteiger partial charge on any atom is -0.384 e. The molecule has 1 aliphatic carbocycles. The van der Waals surface area contributed by atoms with Gasteiger partial charge in [-0.15, -0.1) is 0 Å². The van der Waals surface area contributed by atoms with Gasteiger partial charge in [-0.2, -0.15) is 0 Å². The average Bonchev–Trinajstić information content (AvgIpc) is 2.75. The lowest BCUT2D eigenvalue weighted by Crippen LogP contribution is -2.04. The molecule has 0 spiro atoms. The fourth-order valence-corrected chi connectivity index (χ4v) is 1.47. The molecule has 0 unspecified atom stereocenters. The van der Waals surface area contributed by atoms with Crippen molar-refractivity contribution in [2.75, 3.05) is 5.73 Å². The third-order valence-corrected chi connectivity index (χ3v) is 2.38. The number of nitrogens with two attached hydrogens (primary N) is 1. The molecule has 1 aromatic heterocycles. The molecule has 12 heavy (non-hydrogen) atoms. The van der Waals surface area contributed by atoms with Crippen LogP contribution in [0.2, 0.25) is 0 Å². The first-order chi connectivity index (χ1) is 5.70. The number of hydrogen-bond acceptors (Lipinski definition) is 2. The van der Waals surface area contributed by atoms with E-state index in [1.54, 1.807) is 0 Å². The first-order valence-corrected chi connectivity index (χ1v) is 4.52. The van der Waals surface area contributed by atoms with E-state index in [-0.39, 0.29) is 0 Å². The van der Waals surface area contributed by atoms with E-state index in [9.17, 15) is 0 Å². The van der Waals surface area contributed by atoms with Crippen LogP contribution in [0.4, 0.5) is 5.82 Å². The lowest BCUT2D eigenvalue weighted by Gasteiger charge is -2.08. The summed E-state index contributed by atoms with van der Waals surface area (Å²) in [7, 11) is 0. The van der Waals surface area contributed by atoms with Gasteiger partial charge in [0, 0.05) is 12.0 Å². The molecule has 0 amide bonds. The second kappa shape index (κ2) is 2.51. The van der Waals surface area contributed by atoms with E-state index in [0.717, 1.165) is 11.5 Å². The highest BCUT2D eigenvalue weighted by Gasteiger charge is 2.28. The molecule has 1 fully saturated rings. The van der Waals surface area contributed by atoms with Crippen molar-refractivity contribution in [3.8, 4) is 0 Å². The minimum absolute atomic E-state index is 0.421. The summed E-state index contributed by atoms with van der Waals surface area (Å²) < 4.78 is 2.04. The van der Waals surface area contributed by atoms with Crippen LogP contribution < -0.4 is 5.73 Å². The summed E-state index contributed by atoms with van der Waals surface area (Å²) >= 11 is 0. The summed E-state index contributed by atoms with van der Waals surface area (Å²) in [6.45, 7) is 4.24. The summed E-state index contributed by atoms with van der Waals surface area (Å²) in [4.78, 5) is 4.34. The van der Waals surface area contributed by atoms with Crippen molar-refractivity contribution in [2.45, 2.75) is 38.6 Å². The van der Waals surface area contributed by atoms with Crippen molar-refractivity contribution in [3.05, 3.63) is 12.0 Å². The summed E-state index contributed by atoms with van der Waals surface area (Å²) in [5, 5.41) is 0. The molecule has 3 heteroatoms. The Labute approximate surface area is 72.6 Å². The third kappa shape index (κ3) is 1.09. The maximum atomic E-state index is 5.95. The first-order valence-electron chi connectivity index (χ1n) is 4.52. The van der Waals surface area contributed by atoms with Gasteiger partial charge >= 0.3 is 0 Å². The molecule has 1 heterocycles. The lowest BCUT2D eigenvalue weighted by molar-refractivity contribution is 0.607. The van der Waals surface area contributed by atoms with Crippen LogP contribution >= 0.6 is 0 Å². The number of hydrogen-bond donors (Lipinski definition) is 1. The predicted molar refractivity (Wildman–Crippen MR) is 49.0 cm³/mol. The van der Waals surface area contributed by atoms with E-state index >= 15 is 0 Å². The van der Waals surface area contributed by atoms with Gasteiger partial charge in [0.2, 0.25) is 0 Å². The minimum atomic E-state index is 0.421. The van der Waals surface area contributed by atoms with Gasteiger partial charge in [-0.1, -0.05) is 0 Å². The van der Waals surface area contributed by atoms with Gasteiger partial charge in [-0.05, 0) is 26.7 Å². The highest BCUT2D eigenvalue weighted by molar-refractivity contribution is 5.40. The molecule has 1 aromatic rings. The third-order valence-electron chi connectivity index (χ3n) is 2.38. The van der Waals surface area contributed by atoms with Crippen LogP contribution in [0.1, 0.15) is 44.3 Å². The predicted octanol–water partition coefficient (Wildman–Crippen LogP) is 1.92. The molecular weight excluding hydrogens is 150 g/mol. The molecule has 0 aliphatic heterocycles. The van der Waals surface area contributed by atoms with Crippen LogP contribution in [0, 0.1) is 0 Å². The zero-order chi connectivity index (χ0) is 8.72. The zero-order valence-corrected chi connectivity index (χ0v) is 7.62. The van der Waals surface area contributed by atoms with Gasteiger partial charge in [-0.25, -0.2) is 4.98 Å². The van der Waals surface area contributed by atoms with Crippen LogP contribution in [0.5, 0.6) is 0 Å². The summed E-state index contributed by atoms with van der Waals surface area (Å²) in [5.74, 6) is 1.53. The van der Waals surface area contributed by atoms with Crippen molar-refractivity contribution in [1.29, 1.82) is 0 Å². The first kappa shape index (κ1) is 7.65. The molecule has 0 atom stereocenters. The zero-order valence-electron chi connectivity index (χ0n) is 7.62.